The summed E-state index contributed by atoms with van der Waals surface area (Å²) in [5.41, 5.74) is 9.75. The minimum atomic E-state index is 1.18. The fourth-order valence-electron chi connectivity index (χ4n) is 8.48. The Bertz CT molecular complexity index is 3180. The topological polar surface area (TPSA) is 12.1 Å². The molecule has 12 rings (SSSR count). The number of thiophene rings is 2. The van der Waals surface area contributed by atoms with Gasteiger partial charge in [-0.05, 0) is 48.5 Å². The van der Waals surface area contributed by atoms with Crippen molar-refractivity contribution in [3.05, 3.63) is 152 Å². The summed E-state index contributed by atoms with van der Waals surface area (Å²) < 4.78 is 10.2. The van der Waals surface area contributed by atoms with Gasteiger partial charge in [0.2, 0.25) is 0 Å². The van der Waals surface area contributed by atoms with Crippen LogP contribution in [-0.4, -0.2) is 8.80 Å². The van der Waals surface area contributed by atoms with E-state index in [2.05, 4.69) is 165 Å². The fraction of sp³-hybridized carbons (Fsp3) is 0. The molecule has 7 aromatic carbocycles. The minimum absolute atomic E-state index is 1.18. The maximum absolute atomic E-state index is 2.56. The lowest BCUT2D eigenvalue weighted by molar-refractivity contribution is 1.26. The first kappa shape index (κ1) is 26.1. The van der Waals surface area contributed by atoms with Crippen LogP contribution in [0.3, 0.4) is 0 Å². The Morgan fingerprint density at radius 3 is 1.47 bits per heavy atom. The molecular weight excluding hydrogens is 635 g/mol. The van der Waals surface area contributed by atoms with Gasteiger partial charge < -0.3 is 4.90 Å². The van der Waals surface area contributed by atoms with Crippen LogP contribution >= 0.6 is 22.7 Å². The molecule has 0 aliphatic carbocycles. The summed E-state index contributed by atoms with van der Waals surface area (Å²) >= 11 is 3.78. The van der Waals surface area contributed by atoms with Crippen LogP contribution in [-0.2, 0) is 0 Å². The van der Waals surface area contributed by atoms with Gasteiger partial charge in [0.15, 0.2) is 0 Å². The molecule has 0 saturated carbocycles. The van der Waals surface area contributed by atoms with Gasteiger partial charge in [0.05, 0.1) is 48.5 Å². The molecule has 0 radical (unpaired) electrons. The van der Waals surface area contributed by atoms with Gasteiger partial charge in [0, 0.05) is 47.1 Å². The monoisotopic (exact) mass is 659 g/mol. The average molecular weight is 660 g/mol. The van der Waals surface area contributed by atoms with Gasteiger partial charge in [0.1, 0.15) is 5.65 Å². The summed E-state index contributed by atoms with van der Waals surface area (Å²) in [5.74, 6) is 0. The quantitative estimate of drug-likeness (QED) is 0.184. The summed E-state index contributed by atoms with van der Waals surface area (Å²) in [4.78, 5) is 2.56. The predicted molar refractivity (Wildman–Crippen MR) is 213 cm³/mol. The molecule has 0 amide bonds. The van der Waals surface area contributed by atoms with Crippen molar-refractivity contribution in [2.75, 3.05) is 4.90 Å². The molecule has 5 aromatic heterocycles. The molecule has 3 nitrogen and oxygen atoms in total. The normalized spacial score (nSPS) is 12.5. The number of rotatable bonds is 3. The molecule has 0 atom stereocenters. The van der Waals surface area contributed by atoms with Gasteiger partial charge in [-0.25, -0.2) is 0 Å². The zero-order valence-electron chi connectivity index (χ0n) is 26.1. The van der Waals surface area contributed by atoms with E-state index in [1.54, 1.807) is 0 Å². The van der Waals surface area contributed by atoms with Crippen molar-refractivity contribution >= 4 is 124 Å². The van der Waals surface area contributed by atoms with E-state index in [0.29, 0.717) is 0 Å². The van der Waals surface area contributed by atoms with Crippen LogP contribution in [0.5, 0.6) is 0 Å². The van der Waals surface area contributed by atoms with Crippen molar-refractivity contribution in [2.24, 2.45) is 0 Å². The molecule has 228 valence electrons. The number of imidazole rings is 1. The van der Waals surface area contributed by atoms with Crippen molar-refractivity contribution in [2.45, 2.75) is 0 Å². The summed E-state index contributed by atoms with van der Waals surface area (Å²) in [6.45, 7) is 0. The van der Waals surface area contributed by atoms with Gasteiger partial charge in [0.25, 0.3) is 0 Å². The Morgan fingerprint density at radius 2 is 0.837 bits per heavy atom. The second-order valence-corrected chi connectivity index (χ2v) is 15.0. The molecule has 0 bridgehead atoms. The third kappa shape index (κ3) is 3.26. The van der Waals surface area contributed by atoms with Crippen LogP contribution in [0.15, 0.2) is 152 Å². The lowest BCUT2D eigenvalue weighted by Gasteiger charge is -2.27. The maximum Gasteiger partial charge on any atom is 0.131 e. The summed E-state index contributed by atoms with van der Waals surface area (Å²) in [5, 5.41) is 9.08. The van der Waals surface area contributed by atoms with Gasteiger partial charge in [-0.15, -0.1) is 22.7 Å². The SMILES string of the molecule is c1ccc2c(c1)sc1c(N(c3cccc4c3sc3ccccc34)c3cccc4c5c6ccccc6n6c7ccccc7n(c34)c56)cccc12. The molecule has 12 aromatic rings. The Labute approximate surface area is 288 Å². The third-order valence-corrected chi connectivity index (χ3v) is 12.8. The summed E-state index contributed by atoms with van der Waals surface area (Å²) in [6.07, 6.45) is 0. The standard InChI is InChI=1S/C44H25N3S2/c1-4-18-32-30(14-1)40-31-17-11-21-35(41(31)47-34-20-6-5-19-33(34)46(32)44(40)47)45(36-22-9-15-28-26-12-2-7-24-38(26)48-42(28)36)37-23-10-16-29-27-13-3-8-25-39(27)49-43(29)37/h1-25H. The second-order valence-electron chi connectivity index (χ2n) is 12.9. The molecular formula is C44H25N3S2. The zero-order valence-corrected chi connectivity index (χ0v) is 27.7. The molecule has 0 spiro atoms. The summed E-state index contributed by atoms with van der Waals surface area (Å²) in [6, 6.07) is 55.9. The van der Waals surface area contributed by atoms with Crippen LogP contribution in [0.25, 0.3) is 84.2 Å². The molecule has 0 aliphatic heterocycles. The van der Waals surface area contributed by atoms with Crippen molar-refractivity contribution < 1.29 is 0 Å². The number of nitrogens with zero attached hydrogens (tertiary/aromatic N) is 3. The van der Waals surface area contributed by atoms with E-state index in [1.165, 1.54) is 101 Å². The molecule has 0 N–H and O–H groups in total. The van der Waals surface area contributed by atoms with Crippen LogP contribution in [0.2, 0.25) is 0 Å². The van der Waals surface area contributed by atoms with Gasteiger partial charge in [-0.2, -0.15) is 0 Å². The Morgan fingerprint density at radius 1 is 0.367 bits per heavy atom. The number of benzene rings is 7. The van der Waals surface area contributed by atoms with E-state index >= 15 is 0 Å². The number of aromatic nitrogens is 2. The molecule has 49 heavy (non-hydrogen) atoms. The van der Waals surface area contributed by atoms with Crippen molar-refractivity contribution in [3.63, 3.8) is 0 Å². The second kappa shape index (κ2) is 9.38. The van der Waals surface area contributed by atoms with Gasteiger partial charge in [-0.1, -0.05) is 103 Å². The van der Waals surface area contributed by atoms with Crippen LogP contribution in [0.4, 0.5) is 17.1 Å². The molecule has 0 fully saturated rings. The Hall–Kier alpha value is -5.88. The highest BCUT2D eigenvalue weighted by Crippen LogP contribution is 2.52. The Balaban J connectivity index is 1.29. The number of anilines is 3. The van der Waals surface area contributed by atoms with Crippen LogP contribution in [0, 0.1) is 0 Å². The third-order valence-electron chi connectivity index (χ3n) is 10.4. The average Bonchev–Trinajstić information content (AvgIpc) is 3.95. The highest BCUT2D eigenvalue weighted by atomic mass is 32.1. The van der Waals surface area contributed by atoms with Crippen molar-refractivity contribution in [3.8, 4) is 0 Å². The number of hydrogen-bond acceptors (Lipinski definition) is 3. The van der Waals surface area contributed by atoms with Crippen molar-refractivity contribution in [1.29, 1.82) is 0 Å². The number of para-hydroxylation sites is 4. The van der Waals surface area contributed by atoms with E-state index in [9.17, 15) is 0 Å². The lowest BCUT2D eigenvalue weighted by Crippen LogP contribution is -2.11. The molecule has 5 heterocycles. The number of hydrogen-bond donors (Lipinski definition) is 0. The maximum atomic E-state index is 2.56. The minimum Gasteiger partial charge on any atom is -0.305 e. The largest absolute Gasteiger partial charge is 0.305 e. The fourth-order valence-corrected chi connectivity index (χ4v) is 10.9. The van der Waals surface area contributed by atoms with Gasteiger partial charge >= 0.3 is 0 Å². The smallest absolute Gasteiger partial charge is 0.131 e. The van der Waals surface area contributed by atoms with Crippen molar-refractivity contribution in [1.82, 2.24) is 8.80 Å². The predicted octanol–water partition coefficient (Wildman–Crippen LogP) is 13.3. The highest BCUT2D eigenvalue weighted by Gasteiger charge is 2.28. The Kier molecular flexibility index (Phi) is 5.00. The van der Waals surface area contributed by atoms with Crippen LogP contribution < -0.4 is 4.90 Å². The van der Waals surface area contributed by atoms with E-state index in [-0.39, 0.29) is 0 Å². The van der Waals surface area contributed by atoms with Gasteiger partial charge in [-0.3, -0.25) is 8.80 Å². The first-order valence-corrected chi connectivity index (χ1v) is 18.3. The molecule has 0 saturated heterocycles. The van der Waals surface area contributed by atoms with Crippen LogP contribution in [0.1, 0.15) is 0 Å². The lowest BCUT2D eigenvalue weighted by atomic mass is 10.1. The first-order chi connectivity index (χ1) is 24.3. The summed E-state index contributed by atoms with van der Waals surface area (Å²) in [7, 11) is 0. The van der Waals surface area contributed by atoms with E-state index in [1.807, 2.05) is 22.7 Å². The zero-order chi connectivity index (χ0) is 31.8. The first-order valence-electron chi connectivity index (χ1n) is 16.6. The number of fused-ring (bicyclic) bond motifs is 15. The molecule has 0 unspecified atom stereocenters. The van der Waals surface area contributed by atoms with E-state index in [4.69, 9.17) is 0 Å². The van der Waals surface area contributed by atoms with E-state index in [0.717, 1.165) is 0 Å². The molecule has 0 aliphatic rings. The molecule has 5 heteroatoms. The highest BCUT2D eigenvalue weighted by molar-refractivity contribution is 7.27. The van der Waals surface area contributed by atoms with E-state index < -0.39 is 0 Å².